The van der Waals surface area contributed by atoms with Gasteiger partial charge < -0.3 is 10.2 Å². The maximum atomic E-state index is 12.3. The van der Waals surface area contributed by atoms with E-state index in [1.165, 1.54) is 6.42 Å². The predicted octanol–water partition coefficient (Wildman–Crippen LogP) is 1.85. The van der Waals surface area contributed by atoms with Crippen LogP contribution in [0.15, 0.2) is 18.5 Å². The van der Waals surface area contributed by atoms with Crippen LogP contribution in [0.1, 0.15) is 23.7 Å². The van der Waals surface area contributed by atoms with E-state index in [2.05, 4.69) is 17.2 Å². The topological polar surface area (TPSA) is 45.2 Å². The Morgan fingerprint density at radius 1 is 1.65 bits per heavy atom. The Morgan fingerprint density at radius 3 is 2.94 bits per heavy atom. The lowest BCUT2D eigenvalue weighted by atomic mass is 10.2. The molecule has 1 N–H and O–H groups in total. The fourth-order valence-electron chi connectivity index (χ4n) is 2.07. The summed E-state index contributed by atoms with van der Waals surface area (Å²) < 4.78 is 0. The molecule has 2 unspecified atom stereocenters. The van der Waals surface area contributed by atoms with Gasteiger partial charge in [-0.1, -0.05) is 6.92 Å². The maximum Gasteiger partial charge on any atom is 0.255 e. The lowest BCUT2D eigenvalue weighted by molar-refractivity contribution is 0.0788. The van der Waals surface area contributed by atoms with Crippen LogP contribution in [0.2, 0.25) is 0 Å². The first kappa shape index (κ1) is 11.9. The van der Waals surface area contributed by atoms with Gasteiger partial charge in [0.05, 0.1) is 17.4 Å². The third-order valence-electron chi connectivity index (χ3n) is 3.45. The van der Waals surface area contributed by atoms with E-state index in [9.17, 15) is 4.79 Å². The minimum atomic E-state index is 0.0656. The molecule has 4 nitrogen and oxygen atoms in total. The van der Waals surface area contributed by atoms with Crippen LogP contribution in [0, 0.1) is 11.8 Å². The first-order valence-electron chi connectivity index (χ1n) is 6.00. The predicted molar refractivity (Wildman–Crippen MR) is 68.0 cm³/mol. The number of carbonyl (C=O) groups excluding carboxylic acids is 1. The highest BCUT2D eigenvalue weighted by atomic mass is 16.2. The second kappa shape index (κ2) is 4.73. The number of hydrogen-bond acceptors (Lipinski definition) is 3. The second-order valence-electron chi connectivity index (χ2n) is 4.83. The Labute approximate surface area is 102 Å². The third kappa shape index (κ3) is 2.57. The molecule has 1 fully saturated rings. The number of carbonyl (C=O) groups is 1. The summed E-state index contributed by atoms with van der Waals surface area (Å²) in [7, 11) is 3.67. The Balaban J connectivity index is 2.07. The standard InChI is InChI=1S/C13H19N3O/c1-9-6-10(9)8-16(3)13(17)11-4-5-15-7-12(11)14-2/h4-5,7,9-10,14H,6,8H2,1-3H3. The van der Waals surface area contributed by atoms with Gasteiger partial charge in [0, 0.05) is 26.8 Å². The molecule has 1 aliphatic carbocycles. The molecule has 0 aromatic carbocycles. The number of pyridine rings is 1. The van der Waals surface area contributed by atoms with Crippen LogP contribution in [0.4, 0.5) is 5.69 Å². The Morgan fingerprint density at radius 2 is 2.35 bits per heavy atom. The number of nitrogens with one attached hydrogen (secondary N) is 1. The maximum absolute atomic E-state index is 12.3. The molecule has 2 atom stereocenters. The largest absolute Gasteiger partial charge is 0.386 e. The molecule has 1 saturated carbocycles. The van der Waals surface area contributed by atoms with Gasteiger partial charge in [-0.3, -0.25) is 9.78 Å². The molecule has 1 aromatic heterocycles. The summed E-state index contributed by atoms with van der Waals surface area (Å²) in [4.78, 5) is 18.1. The molecule has 1 amide bonds. The number of rotatable bonds is 4. The quantitative estimate of drug-likeness (QED) is 0.863. The van der Waals surface area contributed by atoms with Gasteiger partial charge >= 0.3 is 0 Å². The summed E-state index contributed by atoms with van der Waals surface area (Å²) in [5.41, 5.74) is 1.48. The molecule has 0 radical (unpaired) electrons. The molecule has 92 valence electrons. The van der Waals surface area contributed by atoms with Gasteiger partial charge in [0.25, 0.3) is 5.91 Å². The summed E-state index contributed by atoms with van der Waals surface area (Å²) in [6.45, 7) is 3.08. The van der Waals surface area contributed by atoms with Gasteiger partial charge in [-0.05, 0) is 24.3 Å². The van der Waals surface area contributed by atoms with Crippen molar-refractivity contribution in [1.29, 1.82) is 0 Å². The van der Waals surface area contributed by atoms with Crippen LogP contribution in [0.5, 0.6) is 0 Å². The molecule has 0 spiro atoms. The highest BCUT2D eigenvalue weighted by Gasteiger charge is 2.34. The normalized spacial score (nSPS) is 22.1. The van der Waals surface area contributed by atoms with Crippen LogP contribution in [0.3, 0.4) is 0 Å². The summed E-state index contributed by atoms with van der Waals surface area (Å²) in [5, 5.41) is 3.00. The summed E-state index contributed by atoms with van der Waals surface area (Å²) >= 11 is 0. The van der Waals surface area contributed by atoms with Crippen LogP contribution in [0.25, 0.3) is 0 Å². The van der Waals surface area contributed by atoms with Crippen LogP contribution >= 0.6 is 0 Å². The number of aromatic nitrogens is 1. The van der Waals surface area contributed by atoms with Crippen molar-refractivity contribution in [2.75, 3.05) is 26.0 Å². The monoisotopic (exact) mass is 233 g/mol. The highest BCUT2D eigenvalue weighted by Crippen LogP contribution is 2.38. The lowest BCUT2D eigenvalue weighted by Crippen LogP contribution is -2.29. The van der Waals surface area contributed by atoms with Crippen LogP contribution in [-0.2, 0) is 0 Å². The molecule has 1 heterocycles. The van der Waals surface area contributed by atoms with Crippen molar-refractivity contribution in [3.8, 4) is 0 Å². The SMILES string of the molecule is CNc1cnccc1C(=O)N(C)CC1CC1C. The van der Waals surface area contributed by atoms with E-state index < -0.39 is 0 Å². The van der Waals surface area contributed by atoms with Crippen molar-refractivity contribution in [1.82, 2.24) is 9.88 Å². The van der Waals surface area contributed by atoms with E-state index >= 15 is 0 Å². The molecule has 1 aromatic rings. The molecule has 17 heavy (non-hydrogen) atoms. The molecular formula is C13H19N3O. The average Bonchev–Trinajstić information content (AvgIpc) is 3.03. The van der Waals surface area contributed by atoms with Gasteiger partial charge in [0.1, 0.15) is 0 Å². The minimum Gasteiger partial charge on any atom is -0.386 e. The number of hydrogen-bond donors (Lipinski definition) is 1. The van der Waals surface area contributed by atoms with Gasteiger partial charge in [0.2, 0.25) is 0 Å². The number of anilines is 1. The van der Waals surface area contributed by atoms with Gasteiger partial charge in [0.15, 0.2) is 0 Å². The molecule has 2 rings (SSSR count). The first-order valence-corrected chi connectivity index (χ1v) is 6.00. The third-order valence-corrected chi connectivity index (χ3v) is 3.45. The molecule has 1 aliphatic rings. The first-order chi connectivity index (χ1) is 8.13. The summed E-state index contributed by atoms with van der Waals surface area (Å²) in [5.74, 6) is 1.52. The zero-order valence-electron chi connectivity index (χ0n) is 10.6. The van der Waals surface area contributed by atoms with E-state index in [-0.39, 0.29) is 5.91 Å². The van der Waals surface area contributed by atoms with Crippen molar-refractivity contribution in [2.24, 2.45) is 11.8 Å². The Kier molecular flexibility index (Phi) is 3.31. The van der Waals surface area contributed by atoms with Gasteiger partial charge in [-0.25, -0.2) is 0 Å². The summed E-state index contributed by atoms with van der Waals surface area (Å²) in [6.07, 6.45) is 4.58. The van der Waals surface area contributed by atoms with Crippen LogP contribution in [-0.4, -0.2) is 36.4 Å². The van der Waals surface area contributed by atoms with Crippen molar-refractivity contribution in [3.05, 3.63) is 24.0 Å². The van der Waals surface area contributed by atoms with Crippen molar-refractivity contribution < 1.29 is 4.79 Å². The van der Waals surface area contributed by atoms with Crippen molar-refractivity contribution in [2.45, 2.75) is 13.3 Å². The van der Waals surface area contributed by atoms with Crippen molar-refractivity contribution >= 4 is 11.6 Å². The van der Waals surface area contributed by atoms with E-state index in [1.54, 1.807) is 25.5 Å². The number of nitrogens with zero attached hydrogens (tertiary/aromatic N) is 2. The van der Waals surface area contributed by atoms with E-state index in [0.29, 0.717) is 11.5 Å². The summed E-state index contributed by atoms with van der Waals surface area (Å²) in [6, 6.07) is 1.76. The van der Waals surface area contributed by atoms with Gasteiger partial charge in [-0.2, -0.15) is 0 Å². The van der Waals surface area contributed by atoms with E-state index in [0.717, 1.165) is 18.2 Å². The van der Waals surface area contributed by atoms with E-state index in [4.69, 9.17) is 0 Å². The molecule has 0 saturated heterocycles. The van der Waals surface area contributed by atoms with Crippen molar-refractivity contribution in [3.63, 3.8) is 0 Å². The second-order valence-corrected chi connectivity index (χ2v) is 4.83. The zero-order chi connectivity index (χ0) is 12.4. The number of amides is 1. The molecular weight excluding hydrogens is 214 g/mol. The minimum absolute atomic E-state index is 0.0656. The fraction of sp³-hybridized carbons (Fsp3) is 0.538. The molecule has 0 aliphatic heterocycles. The Bertz CT molecular complexity index is 419. The molecule has 4 heteroatoms. The van der Waals surface area contributed by atoms with Gasteiger partial charge in [-0.15, -0.1) is 0 Å². The zero-order valence-corrected chi connectivity index (χ0v) is 10.6. The Hall–Kier alpha value is -1.58. The lowest BCUT2D eigenvalue weighted by Gasteiger charge is -2.18. The smallest absolute Gasteiger partial charge is 0.255 e. The highest BCUT2D eigenvalue weighted by molar-refractivity contribution is 5.99. The molecule has 0 bridgehead atoms. The fourth-order valence-corrected chi connectivity index (χ4v) is 2.07. The average molecular weight is 233 g/mol. The van der Waals surface area contributed by atoms with Crippen LogP contribution < -0.4 is 5.32 Å². The van der Waals surface area contributed by atoms with E-state index in [1.807, 2.05) is 11.9 Å².